The van der Waals surface area contributed by atoms with Gasteiger partial charge >= 0.3 is 0 Å². The van der Waals surface area contributed by atoms with Crippen molar-refractivity contribution in [1.82, 2.24) is 9.80 Å². The molecule has 0 spiro atoms. The van der Waals surface area contributed by atoms with E-state index in [4.69, 9.17) is 11.6 Å². The molecule has 0 bridgehead atoms. The van der Waals surface area contributed by atoms with Crippen LogP contribution in [0, 0.1) is 0 Å². The highest BCUT2D eigenvalue weighted by atomic mass is 35.5. The second kappa shape index (κ2) is 7.72. The van der Waals surface area contributed by atoms with Crippen LogP contribution in [0.4, 0.5) is 0 Å². The zero-order valence-corrected chi connectivity index (χ0v) is 14.7. The van der Waals surface area contributed by atoms with Gasteiger partial charge in [0.1, 0.15) is 5.75 Å². The molecule has 130 valence electrons. The van der Waals surface area contributed by atoms with Gasteiger partial charge in [-0.3, -0.25) is 9.69 Å². The van der Waals surface area contributed by atoms with Gasteiger partial charge < -0.3 is 10.0 Å². The smallest absolute Gasteiger partial charge is 0.246 e. The quantitative estimate of drug-likeness (QED) is 0.852. The average molecular weight is 357 g/mol. The number of hydrogen-bond donors (Lipinski definition) is 1. The molecule has 1 fully saturated rings. The Morgan fingerprint density at radius 3 is 2.44 bits per heavy atom. The predicted molar refractivity (Wildman–Crippen MR) is 101 cm³/mol. The van der Waals surface area contributed by atoms with E-state index in [9.17, 15) is 9.90 Å². The summed E-state index contributed by atoms with van der Waals surface area (Å²) in [7, 11) is 0. The average Bonchev–Trinajstić information content (AvgIpc) is 2.64. The lowest BCUT2D eigenvalue weighted by Crippen LogP contribution is -2.47. The van der Waals surface area contributed by atoms with Crippen molar-refractivity contribution in [3.63, 3.8) is 0 Å². The number of amides is 1. The molecule has 0 radical (unpaired) electrons. The Kier molecular flexibility index (Phi) is 5.41. The van der Waals surface area contributed by atoms with Crippen molar-refractivity contribution in [2.75, 3.05) is 26.2 Å². The van der Waals surface area contributed by atoms with Crippen LogP contribution in [0.5, 0.6) is 5.75 Å². The molecule has 2 aromatic rings. The van der Waals surface area contributed by atoms with Crippen molar-refractivity contribution in [2.24, 2.45) is 0 Å². The zero-order chi connectivity index (χ0) is 17.8. The van der Waals surface area contributed by atoms with Crippen LogP contribution in [0.1, 0.15) is 5.56 Å². The van der Waals surface area contributed by atoms with Gasteiger partial charge in [0.25, 0.3) is 0 Å². The third-order valence-corrected chi connectivity index (χ3v) is 4.81. The van der Waals surface area contributed by atoms with Gasteiger partial charge in [-0.15, -0.1) is 0 Å². The fourth-order valence-electron chi connectivity index (χ4n) is 3.04. The molecule has 1 heterocycles. The number of carbonyl (C=O) groups is 1. The topological polar surface area (TPSA) is 43.8 Å². The molecule has 0 saturated carbocycles. The van der Waals surface area contributed by atoms with Gasteiger partial charge in [-0.2, -0.15) is 0 Å². The molecule has 0 aliphatic carbocycles. The Morgan fingerprint density at radius 2 is 1.80 bits per heavy atom. The number of rotatable bonds is 4. The van der Waals surface area contributed by atoms with E-state index in [1.54, 1.807) is 18.2 Å². The standard InChI is InChI=1S/C20H21ClN2O2/c1-2-20(25)23-11-9-22(10-12-23)14-15-3-5-16(6-4-15)18-13-17(24)7-8-19(18)21/h2-8,13,24H,1,9-12,14H2. The first kappa shape index (κ1) is 17.5. The number of phenols is 1. The molecule has 1 aliphatic rings. The van der Waals surface area contributed by atoms with Gasteiger partial charge in [-0.05, 0) is 35.4 Å². The van der Waals surface area contributed by atoms with Crippen molar-refractivity contribution >= 4 is 17.5 Å². The molecule has 1 saturated heterocycles. The summed E-state index contributed by atoms with van der Waals surface area (Å²) < 4.78 is 0. The molecule has 2 aromatic carbocycles. The highest BCUT2D eigenvalue weighted by molar-refractivity contribution is 6.33. The summed E-state index contributed by atoms with van der Waals surface area (Å²) in [4.78, 5) is 15.8. The first-order valence-electron chi connectivity index (χ1n) is 8.28. The van der Waals surface area contributed by atoms with Crippen LogP contribution >= 0.6 is 11.6 Å². The normalized spacial score (nSPS) is 15.2. The molecule has 1 amide bonds. The van der Waals surface area contributed by atoms with Crippen LogP contribution in [-0.4, -0.2) is 47.0 Å². The Labute approximate surface area is 152 Å². The van der Waals surface area contributed by atoms with Gasteiger partial charge in [0.2, 0.25) is 5.91 Å². The van der Waals surface area contributed by atoms with Crippen molar-refractivity contribution in [1.29, 1.82) is 0 Å². The SMILES string of the molecule is C=CC(=O)N1CCN(Cc2ccc(-c3cc(O)ccc3Cl)cc2)CC1. The lowest BCUT2D eigenvalue weighted by Gasteiger charge is -2.34. The van der Waals surface area contributed by atoms with Crippen LogP contribution in [0.15, 0.2) is 55.1 Å². The summed E-state index contributed by atoms with van der Waals surface area (Å²) in [5, 5.41) is 10.3. The Bertz CT molecular complexity index is 766. The predicted octanol–water partition coefficient (Wildman–Crippen LogP) is 3.54. The van der Waals surface area contributed by atoms with E-state index in [0.29, 0.717) is 5.02 Å². The van der Waals surface area contributed by atoms with E-state index < -0.39 is 0 Å². The summed E-state index contributed by atoms with van der Waals surface area (Å²) in [5.74, 6) is 0.211. The van der Waals surface area contributed by atoms with Gasteiger partial charge in [0, 0.05) is 43.3 Å². The fourth-order valence-corrected chi connectivity index (χ4v) is 3.26. The third kappa shape index (κ3) is 4.21. The van der Waals surface area contributed by atoms with Crippen molar-refractivity contribution in [3.8, 4) is 16.9 Å². The second-order valence-corrected chi connectivity index (χ2v) is 6.57. The molecule has 25 heavy (non-hydrogen) atoms. The summed E-state index contributed by atoms with van der Waals surface area (Å²) in [6, 6.07) is 13.2. The number of nitrogens with zero attached hydrogens (tertiary/aromatic N) is 2. The molecular formula is C20H21ClN2O2. The summed E-state index contributed by atoms with van der Waals surface area (Å²) >= 11 is 6.22. The van der Waals surface area contributed by atoms with Crippen LogP contribution in [-0.2, 0) is 11.3 Å². The minimum Gasteiger partial charge on any atom is -0.508 e. The first-order chi connectivity index (χ1) is 12.1. The zero-order valence-electron chi connectivity index (χ0n) is 14.0. The number of piperazine rings is 1. The van der Waals surface area contributed by atoms with Gasteiger partial charge in [0.15, 0.2) is 0 Å². The number of aromatic hydroxyl groups is 1. The number of phenolic OH excluding ortho intramolecular Hbond substituents is 1. The maximum Gasteiger partial charge on any atom is 0.246 e. The number of hydrogen-bond acceptors (Lipinski definition) is 3. The monoisotopic (exact) mass is 356 g/mol. The highest BCUT2D eigenvalue weighted by Crippen LogP contribution is 2.31. The van der Waals surface area contributed by atoms with Crippen LogP contribution in [0.25, 0.3) is 11.1 Å². The lowest BCUT2D eigenvalue weighted by molar-refractivity contribution is -0.127. The van der Waals surface area contributed by atoms with E-state index >= 15 is 0 Å². The molecule has 1 aliphatic heterocycles. The van der Waals surface area contributed by atoms with Crippen molar-refractivity contribution in [2.45, 2.75) is 6.54 Å². The van der Waals surface area contributed by atoms with Gasteiger partial charge in [-0.25, -0.2) is 0 Å². The van der Waals surface area contributed by atoms with E-state index in [0.717, 1.165) is 43.9 Å². The Morgan fingerprint density at radius 1 is 1.12 bits per heavy atom. The minimum atomic E-state index is 0.00648. The van der Waals surface area contributed by atoms with Crippen molar-refractivity contribution in [3.05, 3.63) is 65.7 Å². The second-order valence-electron chi connectivity index (χ2n) is 6.17. The number of carbonyl (C=O) groups excluding carboxylic acids is 1. The maximum absolute atomic E-state index is 11.6. The highest BCUT2D eigenvalue weighted by Gasteiger charge is 2.19. The van der Waals surface area contributed by atoms with Crippen LogP contribution in [0.3, 0.4) is 0 Å². The first-order valence-corrected chi connectivity index (χ1v) is 8.66. The van der Waals surface area contributed by atoms with E-state index in [1.807, 2.05) is 17.0 Å². The fraction of sp³-hybridized carbons (Fsp3) is 0.250. The largest absolute Gasteiger partial charge is 0.508 e. The van der Waals surface area contributed by atoms with Gasteiger partial charge in [0.05, 0.1) is 0 Å². The minimum absolute atomic E-state index is 0.00648. The van der Waals surface area contributed by atoms with Crippen LogP contribution < -0.4 is 0 Å². The Balaban J connectivity index is 1.63. The van der Waals surface area contributed by atoms with E-state index in [2.05, 4.69) is 23.6 Å². The molecule has 3 rings (SSSR count). The van der Waals surface area contributed by atoms with Crippen molar-refractivity contribution < 1.29 is 9.90 Å². The number of benzene rings is 2. The van der Waals surface area contributed by atoms with E-state index in [-0.39, 0.29) is 11.7 Å². The van der Waals surface area contributed by atoms with Crippen LogP contribution in [0.2, 0.25) is 5.02 Å². The summed E-state index contributed by atoms with van der Waals surface area (Å²) in [6.07, 6.45) is 1.38. The number of halogens is 1. The van der Waals surface area contributed by atoms with Gasteiger partial charge in [-0.1, -0.05) is 42.4 Å². The molecular weight excluding hydrogens is 336 g/mol. The molecule has 0 unspecified atom stereocenters. The lowest BCUT2D eigenvalue weighted by atomic mass is 10.0. The van der Waals surface area contributed by atoms with E-state index in [1.165, 1.54) is 11.6 Å². The molecule has 4 nitrogen and oxygen atoms in total. The molecule has 1 N–H and O–H groups in total. The molecule has 5 heteroatoms. The summed E-state index contributed by atoms with van der Waals surface area (Å²) in [6.45, 7) is 7.59. The molecule has 0 aromatic heterocycles. The summed E-state index contributed by atoms with van der Waals surface area (Å²) in [5.41, 5.74) is 3.01. The third-order valence-electron chi connectivity index (χ3n) is 4.48. The molecule has 0 atom stereocenters. The Hall–Kier alpha value is -2.30. The maximum atomic E-state index is 11.6.